The third-order valence-corrected chi connectivity index (χ3v) is 5.35. The molecule has 0 aliphatic carbocycles. The van der Waals surface area contributed by atoms with Gasteiger partial charge in [-0.25, -0.2) is 22.2 Å². The lowest BCUT2D eigenvalue weighted by Crippen LogP contribution is -2.15. The number of aromatic nitrogens is 1. The fourth-order valence-corrected chi connectivity index (χ4v) is 3.86. The molecule has 4 nitrogen and oxygen atoms in total. The highest BCUT2D eigenvalue weighted by Crippen LogP contribution is 2.28. The van der Waals surface area contributed by atoms with Gasteiger partial charge >= 0.3 is 0 Å². The Balaban J connectivity index is 1.96. The van der Waals surface area contributed by atoms with E-state index < -0.39 is 21.7 Å². The molecular formula is C19H16F2N2O2S. The zero-order chi connectivity index (χ0) is 18.9. The van der Waals surface area contributed by atoms with Crippen LogP contribution in [0.5, 0.6) is 0 Å². The molecule has 0 unspecified atom stereocenters. The van der Waals surface area contributed by atoms with Crippen LogP contribution in [0.25, 0.3) is 11.1 Å². The second kappa shape index (κ2) is 6.84. The number of anilines is 1. The fraction of sp³-hybridized carbons (Fsp3) is 0.105. The molecule has 2 aromatic carbocycles. The highest BCUT2D eigenvalue weighted by atomic mass is 32.2. The van der Waals surface area contributed by atoms with Gasteiger partial charge in [0.25, 0.3) is 10.0 Å². The van der Waals surface area contributed by atoms with Crippen molar-refractivity contribution in [3.63, 3.8) is 0 Å². The lowest BCUT2D eigenvalue weighted by atomic mass is 10.0. The smallest absolute Gasteiger partial charge is 0.263 e. The first-order chi connectivity index (χ1) is 12.3. The minimum Gasteiger partial charge on any atom is -0.263 e. The summed E-state index contributed by atoms with van der Waals surface area (Å²) in [5, 5.41) is 0. The van der Waals surface area contributed by atoms with E-state index in [0.717, 1.165) is 12.1 Å². The van der Waals surface area contributed by atoms with Gasteiger partial charge in [-0.3, -0.25) is 4.72 Å². The number of rotatable bonds is 4. The van der Waals surface area contributed by atoms with E-state index >= 15 is 0 Å². The molecule has 0 aliphatic heterocycles. The molecule has 26 heavy (non-hydrogen) atoms. The van der Waals surface area contributed by atoms with Gasteiger partial charge in [0.2, 0.25) is 0 Å². The van der Waals surface area contributed by atoms with Crippen molar-refractivity contribution in [2.75, 3.05) is 4.72 Å². The monoisotopic (exact) mass is 374 g/mol. The van der Waals surface area contributed by atoms with Gasteiger partial charge in [0.05, 0.1) is 4.90 Å². The minimum atomic E-state index is -3.84. The third kappa shape index (κ3) is 3.72. The molecule has 0 spiro atoms. The number of hydrogen-bond donors (Lipinski definition) is 1. The second-order valence-corrected chi connectivity index (χ2v) is 7.52. The average Bonchev–Trinajstić information content (AvgIpc) is 2.54. The molecule has 3 aromatic rings. The summed E-state index contributed by atoms with van der Waals surface area (Å²) < 4.78 is 54.7. The molecule has 0 fully saturated rings. The Morgan fingerprint density at radius 2 is 1.73 bits per heavy atom. The third-order valence-electron chi connectivity index (χ3n) is 3.83. The van der Waals surface area contributed by atoms with E-state index in [0.29, 0.717) is 16.8 Å². The summed E-state index contributed by atoms with van der Waals surface area (Å²) in [4.78, 5) is 4.19. The van der Waals surface area contributed by atoms with Crippen molar-refractivity contribution in [1.82, 2.24) is 4.98 Å². The van der Waals surface area contributed by atoms with Crippen molar-refractivity contribution in [3.8, 4) is 11.1 Å². The zero-order valence-corrected chi connectivity index (χ0v) is 14.9. The summed E-state index contributed by atoms with van der Waals surface area (Å²) in [6.07, 6.45) is 0. The standard InChI is InChI=1S/C19H16F2N2O2S/c1-12-10-14(16-8-7-15(20)11-17(16)21)6-9-18(12)26(24,25)23-19-5-3-4-13(2)22-19/h3-11H,1-2H3,(H,22,23). The van der Waals surface area contributed by atoms with Gasteiger partial charge in [-0.1, -0.05) is 12.1 Å². The van der Waals surface area contributed by atoms with Crippen LogP contribution in [0.2, 0.25) is 0 Å². The van der Waals surface area contributed by atoms with E-state index in [1.54, 1.807) is 38.1 Å². The molecule has 0 atom stereocenters. The SMILES string of the molecule is Cc1cccc(NS(=O)(=O)c2ccc(-c3ccc(F)cc3F)cc2C)n1. The molecule has 0 saturated carbocycles. The van der Waals surface area contributed by atoms with Crippen molar-refractivity contribution < 1.29 is 17.2 Å². The predicted octanol–water partition coefficient (Wildman–Crippen LogP) is 4.44. The Kier molecular flexibility index (Phi) is 4.73. The Hall–Kier alpha value is -2.80. The molecule has 1 aromatic heterocycles. The summed E-state index contributed by atoms with van der Waals surface area (Å²) in [6.45, 7) is 3.37. The summed E-state index contributed by atoms with van der Waals surface area (Å²) >= 11 is 0. The topological polar surface area (TPSA) is 59.1 Å². The average molecular weight is 374 g/mol. The Morgan fingerprint density at radius 1 is 0.962 bits per heavy atom. The van der Waals surface area contributed by atoms with E-state index in [-0.39, 0.29) is 16.3 Å². The van der Waals surface area contributed by atoms with E-state index in [4.69, 9.17) is 0 Å². The number of hydrogen-bond acceptors (Lipinski definition) is 3. The number of nitrogens with one attached hydrogen (secondary N) is 1. The molecule has 3 rings (SSSR count). The maximum absolute atomic E-state index is 13.9. The van der Waals surface area contributed by atoms with E-state index in [9.17, 15) is 17.2 Å². The Bertz CT molecular complexity index is 1080. The van der Waals surface area contributed by atoms with Crippen LogP contribution in [0.4, 0.5) is 14.6 Å². The first kappa shape index (κ1) is 18.0. The maximum Gasteiger partial charge on any atom is 0.263 e. The molecule has 0 aliphatic rings. The molecular weight excluding hydrogens is 358 g/mol. The number of sulfonamides is 1. The summed E-state index contributed by atoms with van der Waals surface area (Å²) in [5.41, 5.74) is 1.79. The minimum absolute atomic E-state index is 0.0621. The van der Waals surface area contributed by atoms with Crippen LogP contribution in [0, 0.1) is 25.5 Å². The molecule has 0 amide bonds. The van der Waals surface area contributed by atoms with Crippen LogP contribution in [0.1, 0.15) is 11.3 Å². The van der Waals surface area contributed by atoms with Crippen molar-refractivity contribution in [2.45, 2.75) is 18.7 Å². The first-order valence-corrected chi connectivity index (χ1v) is 9.27. The van der Waals surface area contributed by atoms with Crippen molar-refractivity contribution in [2.24, 2.45) is 0 Å². The van der Waals surface area contributed by atoms with Gasteiger partial charge < -0.3 is 0 Å². The molecule has 1 N–H and O–H groups in total. The van der Waals surface area contributed by atoms with Crippen LogP contribution >= 0.6 is 0 Å². The van der Waals surface area contributed by atoms with E-state index in [1.165, 1.54) is 18.2 Å². The molecule has 1 heterocycles. The molecule has 0 radical (unpaired) electrons. The number of benzene rings is 2. The molecule has 0 bridgehead atoms. The zero-order valence-electron chi connectivity index (χ0n) is 14.1. The Morgan fingerprint density at radius 3 is 2.38 bits per heavy atom. The second-order valence-electron chi connectivity index (χ2n) is 5.87. The lowest BCUT2D eigenvalue weighted by Gasteiger charge is -2.12. The van der Waals surface area contributed by atoms with Gasteiger partial charge in [0.1, 0.15) is 17.5 Å². The van der Waals surface area contributed by atoms with Crippen molar-refractivity contribution >= 4 is 15.8 Å². The molecule has 134 valence electrons. The van der Waals surface area contributed by atoms with Crippen molar-refractivity contribution in [1.29, 1.82) is 0 Å². The van der Waals surface area contributed by atoms with E-state index in [2.05, 4.69) is 9.71 Å². The Labute approximate surface area is 150 Å². The summed E-state index contributed by atoms with van der Waals surface area (Å²) in [7, 11) is -3.84. The van der Waals surface area contributed by atoms with Gasteiger partial charge in [-0.15, -0.1) is 0 Å². The molecule has 0 saturated heterocycles. The predicted molar refractivity (Wildman–Crippen MR) is 96.3 cm³/mol. The number of nitrogens with zero attached hydrogens (tertiary/aromatic N) is 1. The van der Waals surface area contributed by atoms with Crippen LogP contribution in [0.15, 0.2) is 59.5 Å². The largest absolute Gasteiger partial charge is 0.263 e. The maximum atomic E-state index is 13.9. The van der Waals surface area contributed by atoms with Crippen molar-refractivity contribution in [3.05, 3.63) is 77.5 Å². The quantitative estimate of drug-likeness (QED) is 0.734. The van der Waals surface area contributed by atoms with Gasteiger partial charge in [-0.2, -0.15) is 0 Å². The van der Waals surface area contributed by atoms with E-state index in [1.807, 2.05) is 0 Å². The molecule has 7 heteroatoms. The van der Waals surface area contributed by atoms with Crippen LogP contribution in [-0.4, -0.2) is 13.4 Å². The summed E-state index contributed by atoms with van der Waals surface area (Å²) in [6, 6.07) is 12.7. The lowest BCUT2D eigenvalue weighted by molar-refractivity contribution is 0.585. The van der Waals surface area contributed by atoms with Gasteiger partial charge in [0, 0.05) is 17.3 Å². The van der Waals surface area contributed by atoms with Crippen LogP contribution in [0.3, 0.4) is 0 Å². The highest BCUT2D eigenvalue weighted by Gasteiger charge is 2.18. The number of aryl methyl sites for hydroxylation is 2. The fourth-order valence-electron chi connectivity index (χ4n) is 2.63. The normalized spacial score (nSPS) is 11.4. The summed E-state index contributed by atoms with van der Waals surface area (Å²) in [5.74, 6) is -1.16. The van der Waals surface area contributed by atoms with Crippen LogP contribution in [-0.2, 0) is 10.0 Å². The first-order valence-electron chi connectivity index (χ1n) is 7.79. The highest BCUT2D eigenvalue weighted by molar-refractivity contribution is 7.92. The van der Waals surface area contributed by atoms with Gasteiger partial charge in [-0.05, 0) is 61.4 Å². The van der Waals surface area contributed by atoms with Gasteiger partial charge in [0.15, 0.2) is 0 Å². The number of halogens is 2. The van der Waals surface area contributed by atoms with Crippen LogP contribution < -0.4 is 4.72 Å². The number of pyridine rings is 1.